The van der Waals surface area contributed by atoms with E-state index in [1.165, 1.54) is 10.9 Å². The number of rotatable bonds is 3. The minimum atomic E-state index is -0.407. The Hall–Kier alpha value is -1.18. The number of amides is 1. The molecule has 1 amide bonds. The summed E-state index contributed by atoms with van der Waals surface area (Å²) in [5.41, 5.74) is 0.239. The topological polar surface area (TPSA) is 64.0 Å². The van der Waals surface area contributed by atoms with Crippen LogP contribution < -0.4 is 10.9 Å². The fourth-order valence-electron chi connectivity index (χ4n) is 1.44. The molecule has 0 saturated carbocycles. The molecule has 104 valence electrons. The first-order chi connectivity index (χ1) is 9.47. The third-order valence-corrected chi connectivity index (χ3v) is 4.14. The molecule has 0 unspecified atom stereocenters. The highest BCUT2D eigenvalue weighted by Gasteiger charge is 2.10. The van der Waals surface area contributed by atoms with Crippen LogP contribution in [0.1, 0.15) is 0 Å². The van der Waals surface area contributed by atoms with Crippen LogP contribution >= 0.6 is 43.5 Å². The molecule has 1 aromatic heterocycles. The predicted octanol–water partition coefficient (Wildman–Crippen LogP) is 3.06. The van der Waals surface area contributed by atoms with Gasteiger partial charge in [-0.2, -0.15) is 0 Å². The zero-order valence-electron chi connectivity index (χ0n) is 9.94. The van der Waals surface area contributed by atoms with E-state index in [9.17, 15) is 9.59 Å². The Morgan fingerprint density at radius 3 is 2.60 bits per heavy atom. The Bertz CT molecular complexity index is 701. The lowest BCUT2D eigenvalue weighted by Gasteiger charge is -2.07. The molecule has 0 bridgehead atoms. The Labute approximate surface area is 136 Å². The van der Waals surface area contributed by atoms with E-state index in [2.05, 4.69) is 42.2 Å². The number of nitrogens with one attached hydrogen (secondary N) is 1. The number of halogens is 3. The molecule has 0 atom stereocenters. The van der Waals surface area contributed by atoms with Crippen molar-refractivity contribution < 1.29 is 4.79 Å². The minimum Gasteiger partial charge on any atom is -0.325 e. The number of anilines is 1. The van der Waals surface area contributed by atoms with Gasteiger partial charge < -0.3 is 5.32 Å². The highest BCUT2D eigenvalue weighted by Crippen LogP contribution is 2.15. The molecule has 8 heteroatoms. The summed E-state index contributed by atoms with van der Waals surface area (Å²) in [7, 11) is 0. The van der Waals surface area contributed by atoms with Gasteiger partial charge in [0.25, 0.3) is 5.56 Å². The zero-order chi connectivity index (χ0) is 14.7. The van der Waals surface area contributed by atoms with Gasteiger partial charge in [0.15, 0.2) is 5.15 Å². The second kappa shape index (κ2) is 6.51. The Kier molecular flexibility index (Phi) is 4.95. The van der Waals surface area contributed by atoms with Crippen molar-refractivity contribution in [2.75, 3.05) is 5.32 Å². The molecular formula is C12H8Br2ClN3O2. The first-order valence-corrected chi connectivity index (χ1v) is 7.39. The summed E-state index contributed by atoms with van der Waals surface area (Å²) in [5, 5.41) is 2.75. The Morgan fingerprint density at radius 1 is 1.30 bits per heavy atom. The average Bonchev–Trinajstić information content (AvgIpc) is 2.42. The standard InChI is InChI=1S/C12H8Br2ClN3O2/c13-7-1-3-8(4-2-7)17-9(19)5-18-6-16-11(15)10(14)12(18)20/h1-4,6H,5H2,(H,17,19). The van der Waals surface area contributed by atoms with E-state index in [1.54, 1.807) is 12.1 Å². The van der Waals surface area contributed by atoms with Crippen molar-refractivity contribution in [1.82, 2.24) is 9.55 Å². The number of hydrogen-bond donors (Lipinski definition) is 1. The molecule has 0 fully saturated rings. The molecule has 0 radical (unpaired) electrons. The molecule has 0 aliphatic heterocycles. The lowest BCUT2D eigenvalue weighted by Crippen LogP contribution is -2.28. The number of carbonyl (C=O) groups excluding carboxylic acids is 1. The van der Waals surface area contributed by atoms with Crippen molar-refractivity contribution in [1.29, 1.82) is 0 Å². The number of nitrogens with zero attached hydrogens (tertiary/aromatic N) is 2. The van der Waals surface area contributed by atoms with Gasteiger partial charge in [-0.15, -0.1) is 0 Å². The SMILES string of the molecule is O=C(Cn1cnc(Cl)c(Br)c1=O)Nc1ccc(Br)cc1. The fraction of sp³-hybridized carbons (Fsp3) is 0.0833. The predicted molar refractivity (Wildman–Crippen MR) is 84.0 cm³/mol. The average molecular weight is 421 g/mol. The van der Waals surface area contributed by atoms with Gasteiger partial charge in [0.2, 0.25) is 5.91 Å². The molecule has 0 aliphatic carbocycles. The summed E-state index contributed by atoms with van der Waals surface area (Å²) in [6.45, 7) is -0.141. The van der Waals surface area contributed by atoms with Crippen molar-refractivity contribution in [3.05, 3.63) is 55.0 Å². The van der Waals surface area contributed by atoms with Crippen LogP contribution in [-0.4, -0.2) is 15.5 Å². The first-order valence-electron chi connectivity index (χ1n) is 5.43. The van der Waals surface area contributed by atoms with Gasteiger partial charge in [-0.05, 0) is 40.2 Å². The monoisotopic (exact) mass is 419 g/mol. The molecule has 2 aromatic rings. The molecule has 0 aliphatic rings. The van der Waals surface area contributed by atoms with Crippen LogP contribution in [0.4, 0.5) is 5.69 Å². The summed E-state index contributed by atoms with van der Waals surface area (Å²) >= 11 is 12.0. The maximum atomic E-state index is 11.9. The largest absolute Gasteiger partial charge is 0.325 e. The molecule has 2 rings (SSSR count). The zero-order valence-corrected chi connectivity index (χ0v) is 13.9. The Balaban J connectivity index is 2.11. The van der Waals surface area contributed by atoms with E-state index in [4.69, 9.17) is 11.6 Å². The summed E-state index contributed by atoms with van der Waals surface area (Å²) in [4.78, 5) is 27.5. The molecule has 5 nitrogen and oxygen atoms in total. The summed E-state index contributed by atoms with van der Waals surface area (Å²) in [6, 6.07) is 7.12. The van der Waals surface area contributed by atoms with E-state index in [0.717, 1.165) is 4.47 Å². The van der Waals surface area contributed by atoms with Gasteiger partial charge in [0.1, 0.15) is 11.0 Å². The van der Waals surface area contributed by atoms with Crippen molar-refractivity contribution in [2.24, 2.45) is 0 Å². The van der Waals surface area contributed by atoms with Gasteiger partial charge in [0, 0.05) is 10.2 Å². The summed E-state index contributed by atoms with van der Waals surface area (Å²) < 4.78 is 2.22. The van der Waals surface area contributed by atoms with Gasteiger partial charge in [0.05, 0.1) is 6.33 Å². The molecule has 0 saturated heterocycles. The second-order valence-electron chi connectivity index (χ2n) is 3.84. The van der Waals surface area contributed by atoms with Crippen LogP contribution in [0.25, 0.3) is 0 Å². The van der Waals surface area contributed by atoms with Gasteiger partial charge in [-0.25, -0.2) is 4.98 Å². The van der Waals surface area contributed by atoms with Gasteiger partial charge in [-0.3, -0.25) is 14.2 Å². The molecule has 20 heavy (non-hydrogen) atoms. The minimum absolute atomic E-state index is 0.0690. The highest BCUT2D eigenvalue weighted by atomic mass is 79.9. The molecule has 1 N–H and O–H groups in total. The number of aromatic nitrogens is 2. The Morgan fingerprint density at radius 2 is 1.95 bits per heavy atom. The van der Waals surface area contributed by atoms with Crippen LogP contribution in [0.15, 0.2) is 44.3 Å². The second-order valence-corrected chi connectivity index (χ2v) is 5.90. The number of hydrogen-bond acceptors (Lipinski definition) is 3. The van der Waals surface area contributed by atoms with E-state index < -0.39 is 5.56 Å². The van der Waals surface area contributed by atoms with Crippen LogP contribution in [0.2, 0.25) is 5.15 Å². The van der Waals surface area contributed by atoms with Crippen molar-refractivity contribution in [3.8, 4) is 0 Å². The van der Waals surface area contributed by atoms with Crippen LogP contribution in [0.5, 0.6) is 0 Å². The third-order valence-electron chi connectivity index (χ3n) is 2.38. The number of benzene rings is 1. The number of carbonyl (C=O) groups is 1. The van der Waals surface area contributed by atoms with E-state index in [1.807, 2.05) is 12.1 Å². The maximum Gasteiger partial charge on any atom is 0.269 e. The molecular weight excluding hydrogens is 413 g/mol. The van der Waals surface area contributed by atoms with E-state index in [-0.39, 0.29) is 22.1 Å². The first kappa shape index (κ1) is 15.2. The lowest BCUT2D eigenvalue weighted by molar-refractivity contribution is -0.116. The fourth-order valence-corrected chi connectivity index (χ4v) is 2.16. The van der Waals surface area contributed by atoms with Crippen LogP contribution in [0.3, 0.4) is 0 Å². The van der Waals surface area contributed by atoms with Crippen molar-refractivity contribution in [3.63, 3.8) is 0 Å². The van der Waals surface area contributed by atoms with Crippen molar-refractivity contribution in [2.45, 2.75) is 6.54 Å². The molecule has 0 spiro atoms. The van der Waals surface area contributed by atoms with Crippen LogP contribution in [-0.2, 0) is 11.3 Å². The third kappa shape index (κ3) is 3.68. The van der Waals surface area contributed by atoms with Crippen LogP contribution in [0, 0.1) is 0 Å². The van der Waals surface area contributed by atoms with E-state index >= 15 is 0 Å². The van der Waals surface area contributed by atoms with Crippen molar-refractivity contribution >= 4 is 55.1 Å². The summed E-state index contributed by atoms with van der Waals surface area (Å²) in [5.74, 6) is -0.328. The highest BCUT2D eigenvalue weighted by molar-refractivity contribution is 9.10. The van der Waals surface area contributed by atoms with Gasteiger partial charge >= 0.3 is 0 Å². The normalized spacial score (nSPS) is 10.3. The quantitative estimate of drug-likeness (QED) is 0.775. The summed E-state index contributed by atoms with van der Waals surface area (Å²) in [6.07, 6.45) is 1.23. The molecule has 1 aromatic carbocycles. The van der Waals surface area contributed by atoms with E-state index in [0.29, 0.717) is 5.69 Å². The lowest BCUT2D eigenvalue weighted by atomic mass is 10.3. The molecule has 1 heterocycles. The van der Waals surface area contributed by atoms with Gasteiger partial charge in [-0.1, -0.05) is 27.5 Å². The smallest absolute Gasteiger partial charge is 0.269 e. The maximum absolute atomic E-state index is 11.9.